The number of nitrogens with one attached hydrogen (secondary N) is 1. The molecule has 2 heterocycles. The van der Waals surface area contributed by atoms with E-state index in [1.54, 1.807) is 0 Å². The molecule has 0 saturated carbocycles. The lowest BCUT2D eigenvalue weighted by Crippen LogP contribution is -2.32. The van der Waals surface area contributed by atoms with Crippen LogP contribution < -0.4 is 5.32 Å². The molecule has 3 aromatic rings. The Labute approximate surface area is 165 Å². The van der Waals surface area contributed by atoms with Crippen molar-refractivity contribution in [2.45, 2.75) is 46.3 Å². The zero-order valence-electron chi connectivity index (χ0n) is 16.7. The summed E-state index contributed by atoms with van der Waals surface area (Å²) in [4.78, 5) is 23.7. The van der Waals surface area contributed by atoms with Crippen molar-refractivity contribution in [2.24, 2.45) is 0 Å². The fourth-order valence-electron chi connectivity index (χ4n) is 3.87. The summed E-state index contributed by atoms with van der Waals surface area (Å²) in [6.07, 6.45) is 0.530. The number of aromatic nitrogens is 2. The lowest BCUT2D eigenvalue weighted by Gasteiger charge is -2.18. The molecule has 1 amide bonds. The second kappa shape index (κ2) is 7.68. The van der Waals surface area contributed by atoms with Crippen molar-refractivity contribution in [1.82, 2.24) is 20.2 Å². The molecule has 1 fully saturated rings. The van der Waals surface area contributed by atoms with Gasteiger partial charge in [0.15, 0.2) is 0 Å². The Bertz CT molecular complexity index is 1030. The summed E-state index contributed by atoms with van der Waals surface area (Å²) in [5.74, 6) is 0.202. The summed E-state index contributed by atoms with van der Waals surface area (Å²) in [6.45, 7) is 7.97. The van der Waals surface area contributed by atoms with Crippen LogP contribution in [0.2, 0.25) is 0 Å². The normalized spacial score (nSPS) is 16.9. The van der Waals surface area contributed by atoms with E-state index in [9.17, 15) is 4.79 Å². The molecule has 4 rings (SSSR count). The Morgan fingerprint density at radius 1 is 1.00 bits per heavy atom. The van der Waals surface area contributed by atoms with E-state index in [0.29, 0.717) is 19.5 Å². The zero-order chi connectivity index (χ0) is 19.7. The molecule has 1 N–H and O–H groups in total. The Hall–Kier alpha value is -2.79. The minimum Gasteiger partial charge on any atom is -0.337 e. The molecule has 1 aromatic heterocycles. The first kappa shape index (κ1) is 18.6. The molecule has 1 saturated heterocycles. The topological polar surface area (TPSA) is 58.1 Å². The van der Waals surface area contributed by atoms with Crippen LogP contribution in [0.15, 0.2) is 42.5 Å². The van der Waals surface area contributed by atoms with Gasteiger partial charge in [-0.3, -0.25) is 14.8 Å². The molecule has 1 atom stereocenters. The maximum absolute atomic E-state index is 12.6. The van der Waals surface area contributed by atoms with E-state index in [0.717, 1.165) is 29.3 Å². The van der Waals surface area contributed by atoms with E-state index in [1.165, 1.54) is 16.3 Å². The molecule has 0 bridgehead atoms. The highest BCUT2D eigenvalue weighted by molar-refractivity contribution is 5.86. The van der Waals surface area contributed by atoms with Crippen molar-refractivity contribution in [2.75, 3.05) is 6.54 Å². The van der Waals surface area contributed by atoms with Crippen LogP contribution in [0.1, 0.15) is 34.8 Å². The number of carbonyl (C=O) groups excluding carboxylic acids is 1. The van der Waals surface area contributed by atoms with Crippen LogP contribution in [-0.2, 0) is 17.9 Å². The van der Waals surface area contributed by atoms with Gasteiger partial charge in [0.05, 0.1) is 22.8 Å². The smallest absolute Gasteiger partial charge is 0.224 e. The first-order chi connectivity index (χ1) is 13.5. The lowest BCUT2D eigenvalue weighted by molar-refractivity contribution is -0.128. The van der Waals surface area contributed by atoms with Crippen molar-refractivity contribution in [1.29, 1.82) is 0 Å². The number of hydrogen-bond acceptors (Lipinski definition) is 4. The van der Waals surface area contributed by atoms with Crippen LogP contribution in [0.5, 0.6) is 0 Å². The van der Waals surface area contributed by atoms with Crippen LogP contribution in [0, 0.1) is 20.8 Å². The highest BCUT2D eigenvalue weighted by Gasteiger charge is 2.29. The van der Waals surface area contributed by atoms with Crippen LogP contribution in [0.4, 0.5) is 0 Å². The van der Waals surface area contributed by atoms with Gasteiger partial charge in [0.1, 0.15) is 0 Å². The summed E-state index contributed by atoms with van der Waals surface area (Å²) in [5, 5.41) is 5.93. The predicted octanol–water partition coefficient (Wildman–Crippen LogP) is 3.45. The van der Waals surface area contributed by atoms with Crippen LogP contribution in [0.3, 0.4) is 0 Å². The van der Waals surface area contributed by atoms with Crippen molar-refractivity contribution >= 4 is 16.7 Å². The molecule has 1 aliphatic rings. The standard InChI is InChI=1S/C23H26N4O/c1-15-16(2)26-22(17(3)25-15)12-24-20-11-23(28)27(14-20)13-19-9-6-8-18-7-4-5-10-21(18)19/h4-10,20,24H,11-14H2,1-3H3. The molecule has 0 spiro atoms. The predicted molar refractivity (Wildman–Crippen MR) is 111 cm³/mol. The van der Waals surface area contributed by atoms with E-state index in [2.05, 4.69) is 51.7 Å². The molecule has 144 valence electrons. The van der Waals surface area contributed by atoms with Crippen molar-refractivity contribution in [3.05, 3.63) is 70.8 Å². The quantitative estimate of drug-likeness (QED) is 0.743. The number of amides is 1. The maximum atomic E-state index is 12.6. The first-order valence-electron chi connectivity index (χ1n) is 9.80. The molecule has 1 aliphatic heterocycles. The summed E-state index contributed by atoms with van der Waals surface area (Å²) in [5.41, 5.74) is 5.04. The fourth-order valence-corrected chi connectivity index (χ4v) is 3.87. The Kier molecular flexibility index (Phi) is 5.09. The molecule has 5 nitrogen and oxygen atoms in total. The zero-order valence-corrected chi connectivity index (χ0v) is 16.7. The number of hydrogen-bond donors (Lipinski definition) is 1. The fraction of sp³-hybridized carbons (Fsp3) is 0.348. The second-order valence-corrected chi connectivity index (χ2v) is 7.62. The highest BCUT2D eigenvalue weighted by atomic mass is 16.2. The molecule has 28 heavy (non-hydrogen) atoms. The SMILES string of the molecule is Cc1nc(C)c(CNC2CC(=O)N(Cc3cccc4ccccc34)C2)nc1C. The number of carbonyl (C=O) groups is 1. The number of nitrogens with zero attached hydrogens (tertiary/aromatic N) is 3. The average Bonchev–Trinajstić information content (AvgIpc) is 3.03. The van der Waals surface area contributed by atoms with Gasteiger partial charge in [-0.05, 0) is 37.1 Å². The van der Waals surface area contributed by atoms with E-state index < -0.39 is 0 Å². The third kappa shape index (κ3) is 3.76. The first-order valence-corrected chi connectivity index (χ1v) is 9.80. The largest absolute Gasteiger partial charge is 0.337 e. The lowest BCUT2D eigenvalue weighted by atomic mass is 10.0. The average molecular weight is 374 g/mol. The molecule has 0 radical (unpaired) electrons. The number of likely N-dealkylation sites (tertiary alicyclic amines) is 1. The summed E-state index contributed by atoms with van der Waals surface area (Å²) in [7, 11) is 0. The molecular weight excluding hydrogens is 348 g/mol. The van der Waals surface area contributed by atoms with Gasteiger partial charge in [-0.1, -0.05) is 42.5 Å². The molecular formula is C23H26N4O. The third-order valence-corrected chi connectivity index (χ3v) is 5.59. The van der Waals surface area contributed by atoms with E-state index in [1.807, 2.05) is 31.7 Å². The van der Waals surface area contributed by atoms with E-state index >= 15 is 0 Å². The van der Waals surface area contributed by atoms with E-state index in [-0.39, 0.29) is 11.9 Å². The molecule has 0 aliphatic carbocycles. The maximum Gasteiger partial charge on any atom is 0.224 e. The minimum atomic E-state index is 0.144. The van der Waals surface area contributed by atoms with Crippen molar-refractivity contribution in [3.8, 4) is 0 Å². The Morgan fingerprint density at radius 2 is 1.75 bits per heavy atom. The Balaban J connectivity index is 1.42. The van der Waals surface area contributed by atoms with Gasteiger partial charge >= 0.3 is 0 Å². The summed E-state index contributed by atoms with van der Waals surface area (Å²) in [6, 6.07) is 14.8. The van der Waals surface area contributed by atoms with Crippen LogP contribution in [0.25, 0.3) is 10.8 Å². The van der Waals surface area contributed by atoms with Crippen molar-refractivity contribution in [3.63, 3.8) is 0 Å². The minimum absolute atomic E-state index is 0.144. The molecule has 2 aromatic carbocycles. The second-order valence-electron chi connectivity index (χ2n) is 7.62. The molecule has 1 unspecified atom stereocenters. The van der Waals surface area contributed by atoms with E-state index in [4.69, 9.17) is 0 Å². The van der Waals surface area contributed by atoms with Gasteiger partial charge < -0.3 is 10.2 Å². The number of aryl methyl sites for hydroxylation is 3. The van der Waals surface area contributed by atoms with Crippen LogP contribution >= 0.6 is 0 Å². The molecule has 5 heteroatoms. The Morgan fingerprint density at radius 3 is 2.61 bits per heavy atom. The summed E-state index contributed by atoms with van der Waals surface area (Å²) < 4.78 is 0. The number of fused-ring (bicyclic) bond motifs is 1. The summed E-state index contributed by atoms with van der Waals surface area (Å²) >= 11 is 0. The number of benzene rings is 2. The van der Waals surface area contributed by atoms with Gasteiger partial charge in [0.25, 0.3) is 0 Å². The highest BCUT2D eigenvalue weighted by Crippen LogP contribution is 2.22. The van der Waals surface area contributed by atoms with Gasteiger partial charge in [0, 0.05) is 32.1 Å². The van der Waals surface area contributed by atoms with Gasteiger partial charge in [-0.25, -0.2) is 0 Å². The van der Waals surface area contributed by atoms with Gasteiger partial charge in [0.2, 0.25) is 5.91 Å². The van der Waals surface area contributed by atoms with Crippen LogP contribution in [-0.4, -0.2) is 33.4 Å². The third-order valence-electron chi connectivity index (χ3n) is 5.59. The monoisotopic (exact) mass is 374 g/mol. The van der Waals surface area contributed by atoms with Gasteiger partial charge in [-0.15, -0.1) is 0 Å². The number of rotatable bonds is 5. The van der Waals surface area contributed by atoms with Crippen molar-refractivity contribution < 1.29 is 4.79 Å². The van der Waals surface area contributed by atoms with Gasteiger partial charge in [-0.2, -0.15) is 0 Å².